The Hall–Kier alpha value is -3.21. The fraction of sp³-hybridized carbons (Fsp3) is 0.476. The summed E-state index contributed by atoms with van der Waals surface area (Å²) in [4.78, 5) is 34.7. The molecule has 3 rings (SSSR count). The summed E-state index contributed by atoms with van der Waals surface area (Å²) in [7, 11) is 0. The molecular weight excluding hydrogens is 368 g/mol. The Morgan fingerprint density at radius 2 is 2.21 bits per heavy atom. The zero-order valence-electron chi connectivity index (χ0n) is 17.2. The van der Waals surface area contributed by atoms with Gasteiger partial charge < -0.3 is 20.9 Å². The first-order valence-corrected chi connectivity index (χ1v) is 9.94. The first-order valence-electron chi connectivity index (χ1n) is 9.94. The minimum absolute atomic E-state index is 0.00166. The number of piperidine rings is 1. The minimum atomic E-state index is -0.437. The van der Waals surface area contributed by atoms with Crippen molar-refractivity contribution in [3.8, 4) is 6.57 Å². The van der Waals surface area contributed by atoms with Gasteiger partial charge in [-0.25, -0.2) is 9.69 Å². The molecule has 2 heterocycles. The molecule has 0 unspecified atom stereocenters. The number of amides is 4. The zero-order valence-corrected chi connectivity index (χ0v) is 17.2. The molecule has 1 saturated heterocycles. The summed E-state index contributed by atoms with van der Waals surface area (Å²) in [5.41, 5.74) is 9.69. The van der Waals surface area contributed by atoms with Crippen LogP contribution in [0.1, 0.15) is 37.9 Å². The highest BCUT2D eigenvalue weighted by molar-refractivity contribution is 5.93. The Balaban J connectivity index is 1.68. The smallest absolute Gasteiger partial charge is 0.397 e. The highest BCUT2D eigenvalue weighted by Crippen LogP contribution is 2.25. The molecule has 1 aromatic heterocycles. The lowest BCUT2D eigenvalue weighted by molar-refractivity contribution is 0.108. The number of likely N-dealkylation sites (tertiary alicyclic amines) is 1. The second-order valence-electron chi connectivity index (χ2n) is 7.86. The number of H-pyrrole nitrogens is 1. The zero-order chi connectivity index (χ0) is 21.1. The van der Waals surface area contributed by atoms with Gasteiger partial charge in [0.25, 0.3) is 0 Å². The standard InChI is InChI=1S/C21H28N6O2/c1-13(2)27(16-6-5-9-26(12-16)20(28)23-4)21(29)24-11-15-7-8-17-18(10-15)25-14(3)19(17)22/h4,7-8,10,13,16,25H,5-6,9,11-12,22H2,1-3H3/p+1/t16-/m1/s1. The van der Waals surface area contributed by atoms with Gasteiger partial charge in [0, 0.05) is 29.2 Å². The van der Waals surface area contributed by atoms with E-state index in [1.54, 1.807) is 4.90 Å². The molecule has 154 valence electrons. The van der Waals surface area contributed by atoms with Crippen molar-refractivity contribution in [2.75, 3.05) is 18.8 Å². The SMILES string of the molecule is C#[N+]C(=O)N1CCC[C@@H](N(C(=O)NCc2ccc3c(N)c(C)[nH]c3c2)C(C)C)C1. The number of nitrogen functional groups attached to an aromatic ring is 1. The Morgan fingerprint density at radius 1 is 1.45 bits per heavy atom. The lowest BCUT2D eigenvalue weighted by Gasteiger charge is -2.37. The molecule has 0 spiro atoms. The molecule has 8 nitrogen and oxygen atoms in total. The highest BCUT2D eigenvalue weighted by atomic mass is 16.2. The number of aromatic amines is 1. The number of nitrogens with one attached hydrogen (secondary N) is 2. The van der Waals surface area contributed by atoms with E-state index < -0.39 is 6.03 Å². The van der Waals surface area contributed by atoms with Crippen LogP contribution in [-0.2, 0) is 6.54 Å². The van der Waals surface area contributed by atoms with Crippen LogP contribution in [0.5, 0.6) is 0 Å². The van der Waals surface area contributed by atoms with Gasteiger partial charge in [0.2, 0.25) is 0 Å². The third-order valence-corrected chi connectivity index (χ3v) is 5.51. The van der Waals surface area contributed by atoms with Crippen LogP contribution < -0.4 is 11.1 Å². The molecule has 0 saturated carbocycles. The van der Waals surface area contributed by atoms with Crippen LogP contribution in [0.4, 0.5) is 15.3 Å². The van der Waals surface area contributed by atoms with E-state index in [4.69, 9.17) is 12.3 Å². The number of hydrogen-bond donors (Lipinski definition) is 3. The second-order valence-corrected chi connectivity index (χ2v) is 7.86. The summed E-state index contributed by atoms with van der Waals surface area (Å²) in [6.45, 7) is 12.5. The van der Waals surface area contributed by atoms with Crippen molar-refractivity contribution in [2.24, 2.45) is 0 Å². The van der Waals surface area contributed by atoms with E-state index in [0.29, 0.717) is 19.6 Å². The summed E-state index contributed by atoms with van der Waals surface area (Å²) in [5.74, 6) is 0. The van der Waals surface area contributed by atoms with Crippen LogP contribution in [0.2, 0.25) is 0 Å². The van der Waals surface area contributed by atoms with Crippen molar-refractivity contribution in [1.82, 2.24) is 20.1 Å². The molecule has 1 aliphatic heterocycles. The summed E-state index contributed by atoms with van der Waals surface area (Å²) >= 11 is 0. The van der Waals surface area contributed by atoms with Gasteiger partial charge in [0.05, 0.1) is 18.3 Å². The average Bonchev–Trinajstić information content (AvgIpc) is 2.99. The average molecular weight is 398 g/mol. The molecule has 1 fully saturated rings. The Morgan fingerprint density at radius 3 is 2.90 bits per heavy atom. The number of carbonyl (C=O) groups is 2. The Kier molecular flexibility index (Phi) is 5.97. The van der Waals surface area contributed by atoms with Crippen LogP contribution in [0.3, 0.4) is 0 Å². The Bertz CT molecular complexity index is 958. The van der Waals surface area contributed by atoms with Crippen molar-refractivity contribution in [3.05, 3.63) is 34.3 Å². The summed E-state index contributed by atoms with van der Waals surface area (Å²) in [6.07, 6.45) is 1.65. The second kappa shape index (κ2) is 8.43. The van der Waals surface area contributed by atoms with E-state index in [9.17, 15) is 9.59 Å². The van der Waals surface area contributed by atoms with Gasteiger partial charge >= 0.3 is 12.1 Å². The number of nitrogens with zero attached hydrogens (tertiary/aromatic N) is 3. The summed E-state index contributed by atoms with van der Waals surface area (Å²) in [5, 5.41) is 4.00. The molecule has 2 aromatic rings. The predicted molar refractivity (Wildman–Crippen MR) is 115 cm³/mol. The maximum Gasteiger partial charge on any atom is 0.599 e. The number of hydrogen-bond acceptors (Lipinski definition) is 3. The molecule has 0 radical (unpaired) electrons. The van der Waals surface area contributed by atoms with Crippen LogP contribution in [0.15, 0.2) is 18.2 Å². The number of aryl methyl sites for hydroxylation is 1. The van der Waals surface area contributed by atoms with Crippen molar-refractivity contribution in [3.63, 3.8) is 0 Å². The van der Waals surface area contributed by atoms with Gasteiger partial charge in [0.1, 0.15) is 13.1 Å². The maximum absolute atomic E-state index is 13.0. The van der Waals surface area contributed by atoms with Crippen molar-refractivity contribution < 1.29 is 9.59 Å². The van der Waals surface area contributed by atoms with E-state index >= 15 is 0 Å². The van der Waals surface area contributed by atoms with E-state index in [1.165, 1.54) is 0 Å². The van der Waals surface area contributed by atoms with Crippen LogP contribution in [-0.4, -0.2) is 52.0 Å². The number of fused-ring (bicyclic) bond motifs is 1. The van der Waals surface area contributed by atoms with Crippen LogP contribution in [0, 0.1) is 13.5 Å². The quantitative estimate of drug-likeness (QED) is 0.736. The number of carbonyl (C=O) groups excluding carboxylic acids is 2. The van der Waals surface area contributed by atoms with E-state index in [0.717, 1.165) is 40.7 Å². The number of aromatic nitrogens is 1. The monoisotopic (exact) mass is 397 g/mol. The number of urea groups is 2. The van der Waals surface area contributed by atoms with Crippen LogP contribution in [0.25, 0.3) is 15.7 Å². The fourth-order valence-corrected chi connectivity index (χ4v) is 4.04. The number of anilines is 1. The highest BCUT2D eigenvalue weighted by Gasteiger charge is 2.36. The van der Waals surface area contributed by atoms with Gasteiger partial charge in [-0.1, -0.05) is 12.1 Å². The van der Waals surface area contributed by atoms with E-state index in [1.807, 2.05) is 43.9 Å². The predicted octanol–water partition coefficient (Wildman–Crippen LogP) is 3.53. The molecule has 0 aliphatic carbocycles. The molecule has 4 amide bonds. The molecule has 1 aromatic carbocycles. The topological polar surface area (TPSA) is 98.8 Å². The number of nitrogens with two attached hydrogens (primary N) is 1. The molecule has 1 aliphatic rings. The molecule has 29 heavy (non-hydrogen) atoms. The molecular formula is C21H29N6O2+. The van der Waals surface area contributed by atoms with Crippen molar-refractivity contribution >= 4 is 28.7 Å². The third kappa shape index (κ3) is 4.29. The van der Waals surface area contributed by atoms with Gasteiger partial charge in [-0.15, -0.1) is 4.85 Å². The molecule has 8 heteroatoms. The van der Waals surface area contributed by atoms with Gasteiger partial charge in [-0.05, 0) is 45.2 Å². The first kappa shape index (κ1) is 20.5. The molecule has 0 bridgehead atoms. The summed E-state index contributed by atoms with van der Waals surface area (Å²) in [6, 6.07) is 5.29. The summed E-state index contributed by atoms with van der Waals surface area (Å²) < 4.78 is 0. The van der Waals surface area contributed by atoms with E-state index in [-0.39, 0.29) is 18.1 Å². The van der Waals surface area contributed by atoms with Crippen molar-refractivity contribution in [2.45, 2.75) is 52.2 Å². The Labute approximate surface area is 170 Å². The van der Waals surface area contributed by atoms with Crippen LogP contribution >= 0.6 is 0 Å². The largest absolute Gasteiger partial charge is 0.599 e. The van der Waals surface area contributed by atoms with Gasteiger partial charge in [-0.3, -0.25) is 0 Å². The van der Waals surface area contributed by atoms with Crippen molar-refractivity contribution in [1.29, 1.82) is 0 Å². The third-order valence-electron chi connectivity index (χ3n) is 5.51. The van der Waals surface area contributed by atoms with E-state index in [2.05, 4.69) is 15.1 Å². The first-order chi connectivity index (χ1) is 13.8. The fourth-order valence-electron chi connectivity index (χ4n) is 4.04. The minimum Gasteiger partial charge on any atom is -0.397 e. The normalized spacial score (nSPS) is 16.7. The number of rotatable bonds is 4. The lowest BCUT2D eigenvalue weighted by atomic mass is 10.0. The lowest BCUT2D eigenvalue weighted by Crippen LogP contribution is -2.55. The molecule has 1 atom stereocenters. The molecule has 4 N–H and O–H groups in total. The maximum atomic E-state index is 13.0. The van der Waals surface area contributed by atoms with Gasteiger partial charge in [0.15, 0.2) is 0 Å². The van der Waals surface area contributed by atoms with Gasteiger partial charge in [-0.2, -0.15) is 4.79 Å². The number of benzene rings is 1.